The predicted octanol–water partition coefficient (Wildman–Crippen LogP) is 0.817. The maximum absolute atomic E-state index is 12.8. The molecular weight excluding hydrogens is 350 g/mol. The van der Waals surface area contributed by atoms with Gasteiger partial charge in [0.25, 0.3) is 0 Å². The van der Waals surface area contributed by atoms with Gasteiger partial charge < -0.3 is 5.11 Å². The molecular formula is C13H18ClNO5S2. The minimum absolute atomic E-state index is 0.0262. The summed E-state index contributed by atoms with van der Waals surface area (Å²) in [6.45, 7) is 3.31. The molecule has 1 aliphatic rings. The smallest absolute Gasteiger partial charge is 0.243 e. The fraction of sp³-hybridized carbons (Fsp3) is 0.538. The van der Waals surface area contributed by atoms with E-state index in [1.807, 2.05) is 0 Å². The molecule has 124 valence electrons. The first-order valence-electron chi connectivity index (χ1n) is 6.75. The van der Waals surface area contributed by atoms with Gasteiger partial charge in [-0.2, -0.15) is 4.31 Å². The minimum atomic E-state index is -3.95. The van der Waals surface area contributed by atoms with Gasteiger partial charge in [-0.3, -0.25) is 0 Å². The van der Waals surface area contributed by atoms with Crippen molar-refractivity contribution in [3.05, 3.63) is 28.8 Å². The first-order valence-corrected chi connectivity index (χ1v) is 10.4. The van der Waals surface area contributed by atoms with Gasteiger partial charge in [-0.25, -0.2) is 16.8 Å². The molecule has 0 spiro atoms. The molecule has 0 radical (unpaired) electrons. The average Bonchev–Trinajstić information content (AvgIpc) is 2.66. The first-order chi connectivity index (χ1) is 10.1. The lowest BCUT2D eigenvalue weighted by Gasteiger charge is -2.28. The molecule has 0 amide bonds. The van der Waals surface area contributed by atoms with Crippen molar-refractivity contribution < 1.29 is 21.9 Å². The molecule has 9 heteroatoms. The molecule has 1 fully saturated rings. The third kappa shape index (κ3) is 3.30. The van der Waals surface area contributed by atoms with Crippen LogP contribution in [0.4, 0.5) is 0 Å². The summed E-state index contributed by atoms with van der Waals surface area (Å²) in [5.74, 6) is -0.793. The Hall–Kier alpha value is -0.670. The van der Waals surface area contributed by atoms with E-state index in [1.54, 1.807) is 26.0 Å². The highest BCUT2D eigenvalue weighted by Crippen LogP contribution is 2.28. The zero-order valence-electron chi connectivity index (χ0n) is 12.2. The molecule has 0 aliphatic carbocycles. The van der Waals surface area contributed by atoms with Gasteiger partial charge in [0.1, 0.15) is 0 Å². The van der Waals surface area contributed by atoms with E-state index in [9.17, 15) is 21.9 Å². The number of hydrogen-bond donors (Lipinski definition) is 1. The number of benzene rings is 1. The van der Waals surface area contributed by atoms with E-state index in [4.69, 9.17) is 11.6 Å². The third-order valence-electron chi connectivity index (χ3n) is 3.71. The van der Waals surface area contributed by atoms with E-state index in [-0.39, 0.29) is 22.2 Å². The molecule has 6 nitrogen and oxygen atoms in total. The summed E-state index contributed by atoms with van der Waals surface area (Å²) < 4.78 is 50.0. The van der Waals surface area contributed by atoms with Gasteiger partial charge in [0, 0.05) is 11.6 Å². The highest BCUT2D eigenvalue weighted by Gasteiger charge is 2.44. The molecule has 1 aromatic rings. The summed E-state index contributed by atoms with van der Waals surface area (Å²) in [6, 6.07) is 3.54. The van der Waals surface area contributed by atoms with Gasteiger partial charge >= 0.3 is 0 Å². The predicted molar refractivity (Wildman–Crippen MR) is 84.2 cm³/mol. The topological polar surface area (TPSA) is 91.8 Å². The molecule has 1 aliphatic heterocycles. The number of aliphatic hydroxyl groups excluding tert-OH is 1. The van der Waals surface area contributed by atoms with Crippen LogP contribution in [0.2, 0.25) is 5.02 Å². The van der Waals surface area contributed by atoms with E-state index >= 15 is 0 Å². The second kappa shape index (κ2) is 6.09. The summed E-state index contributed by atoms with van der Waals surface area (Å²) in [6.07, 6.45) is -1.22. The Morgan fingerprint density at radius 1 is 1.36 bits per heavy atom. The van der Waals surface area contributed by atoms with Crippen molar-refractivity contribution in [1.29, 1.82) is 0 Å². The minimum Gasteiger partial charge on any atom is -0.390 e. The van der Waals surface area contributed by atoms with Crippen LogP contribution in [-0.2, 0) is 19.9 Å². The average molecular weight is 368 g/mol. The number of aliphatic hydroxyl groups is 1. The molecule has 1 N–H and O–H groups in total. The van der Waals surface area contributed by atoms with E-state index < -0.39 is 37.8 Å². The van der Waals surface area contributed by atoms with Crippen molar-refractivity contribution in [3.8, 4) is 0 Å². The Kier molecular flexibility index (Phi) is 4.89. The fourth-order valence-electron chi connectivity index (χ4n) is 2.65. The number of nitrogens with zero attached hydrogens (tertiary/aromatic N) is 1. The van der Waals surface area contributed by atoms with Crippen LogP contribution in [0.5, 0.6) is 0 Å². The lowest BCUT2D eigenvalue weighted by Crippen LogP contribution is -2.46. The van der Waals surface area contributed by atoms with Crippen LogP contribution < -0.4 is 0 Å². The monoisotopic (exact) mass is 367 g/mol. The maximum Gasteiger partial charge on any atom is 0.243 e. The van der Waals surface area contributed by atoms with E-state index in [1.165, 1.54) is 6.07 Å². The summed E-state index contributed by atoms with van der Waals surface area (Å²) in [4.78, 5) is 0.0262. The second-order valence-electron chi connectivity index (χ2n) is 5.33. The summed E-state index contributed by atoms with van der Waals surface area (Å²) >= 11 is 5.88. The van der Waals surface area contributed by atoms with Crippen LogP contribution in [-0.4, -0.2) is 56.4 Å². The van der Waals surface area contributed by atoms with Crippen molar-refractivity contribution in [2.75, 3.05) is 18.1 Å². The van der Waals surface area contributed by atoms with Crippen LogP contribution in [0.25, 0.3) is 0 Å². The molecule has 0 saturated carbocycles. The van der Waals surface area contributed by atoms with Crippen LogP contribution in [0.1, 0.15) is 12.5 Å². The molecule has 2 atom stereocenters. The lowest BCUT2D eigenvalue weighted by molar-refractivity contribution is 0.130. The Morgan fingerprint density at radius 2 is 2.00 bits per heavy atom. The highest BCUT2D eigenvalue weighted by atomic mass is 35.5. The quantitative estimate of drug-likeness (QED) is 0.850. The summed E-state index contributed by atoms with van der Waals surface area (Å²) in [7, 11) is -7.39. The molecule has 0 bridgehead atoms. The van der Waals surface area contributed by atoms with Gasteiger partial charge in [0.2, 0.25) is 10.0 Å². The second-order valence-corrected chi connectivity index (χ2v) is 9.78. The largest absolute Gasteiger partial charge is 0.390 e. The van der Waals surface area contributed by atoms with E-state index in [0.29, 0.717) is 5.56 Å². The Labute approximate surface area is 135 Å². The Morgan fingerprint density at radius 3 is 2.50 bits per heavy atom. The van der Waals surface area contributed by atoms with Crippen LogP contribution in [0.3, 0.4) is 0 Å². The number of sulfone groups is 1. The zero-order valence-corrected chi connectivity index (χ0v) is 14.6. The van der Waals surface area contributed by atoms with Crippen molar-refractivity contribution in [2.24, 2.45) is 0 Å². The maximum atomic E-state index is 12.8. The third-order valence-corrected chi connectivity index (χ3v) is 7.79. The van der Waals surface area contributed by atoms with Gasteiger partial charge in [0.15, 0.2) is 9.84 Å². The van der Waals surface area contributed by atoms with E-state index in [0.717, 1.165) is 4.31 Å². The van der Waals surface area contributed by atoms with Crippen molar-refractivity contribution in [2.45, 2.75) is 30.9 Å². The SMILES string of the molecule is CCN([C@H]1CS(=O)(=O)C[C@@H]1O)S(=O)(=O)c1cc(Cl)ccc1C. The number of likely N-dealkylation sites (N-methyl/N-ethyl adjacent to an activating group) is 1. The van der Waals surface area contributed by atoms with Crippen LogP contribution in [0.15, 0.2) is 23.1 Å². The van der Waals surface area contributed by atoms with Gasteiger partial charge in [0.05, 0.1) is 28.5 Å². The van der Waals surface area contributed by atoms with Crippen molar-refractivity contribution in [3.63, 3.8) is 0 Å². The highest BCUT2D eigenvalue weighted by molar-refractivity contribution is 7.92. The van der Waals surface area contributed by atoms with Gasteiger partial charge in [-0.15, -0.1) is 0 Å². The fourth-order valence-corrected chi connectivity index (χ4v) is 6.69. The Balaban J connectivity index is 2.48. The molecule has 1 heterocycles. The number of sulfonamides is 1. The Bertz CT molecular complexity index is 776. The van der Waals surface area contributed by atoms with Crippen LogP contribution >= 0.6 is 11.6 Å². The normalized spacial score (nSPS) is 24.8. The van der Waals surface area contributed by atoms with E-state index in [2.05, 4.69) is 0 Å². The standard InChI is InChI=1S/C13H18ClNO5S2/c1-3-15(11-7-21(17,18)8-12(11)16)22(19,20)13-6-10(14)5-4-9(13)2/h4-6,11-12,16H,3,7-8H2,1-2H3/t11-,12-/m0/s1. The van der Waals surface area contributed by atoms with Crippen molar-refractivity contribution >= 4 is 31.5 Å². The van der Waals surface area contributed by atoms with Crippen LogP contribution in [0, 0.1) is 6.92 Å². The number of hydrogen-bond acceptors (Lipinski definition) is 5. The van der Waals surface area contributed by atoms with Crippen molar-refractivity contribution in [1.82, 2.24) is 4.31 Å². The number of halogens is 1. The molecule has 0 unspecified atom stereocenters. The van der Waals surface area contributed by atoms with Gasteiger partial charge in [-0.1, -0.05) is 24.6 Å². The number of rotatable bonds is 4. The number of aryl methyl sites for hydroxylation is 1. The molecule has 1 aromatic carbocycles. The summed E-state index contributed by atoms with van der Waals surface area (Å²) in [5.41, 5.74) is 0.512. The zero-order chi connectivity index (χ0) is 16.7. The molecule has 2 rings (SSSR count). The first kappa shape index (κ1) is 17.7. The molecule has 22 heavy (non-hydrogen) atoms. The molecule has 1 saturated heterocycles. The summed E-state index contributed by atoms with van der Waals surface area (Å²) in [5, 5.41) is 10.2. The molecule has 0 aromatic heterocycles. The lowest BCUT2D eigenvalue weighted by atomic mass is 10.2. The van der Waals surface area contributed by atoms with Gasteiger partial charge in [-0.05, 0) is 24.6 Å².